The molecule has 2 amide bonds. The lowest BCUT2D eigenvalue weighted by Gasteiger charge is -2.13. The second-order valence-corrected chi connectivity index (χ2v) is 5.95. The predicted octanol–water partition coefficient (Wildman–Crippen LogP) is 4.29. The maximum absolute atomic E-state index is 12.9. The number of halogens is 3. The number of thiazole rings is 1. The van der Waals surface area contributed by atoms with Crippen LogP contribution in [0.4, 0.5) is 28.8 Å². The van der Waals surface area contributed by atoms with Crippen LogP contribution in [0.3, 0.4) is 0 Å². The molecule has 8 heteroatoms. The number of nitrogens with zero attached hydrogens (tertiary/aromatic N) is 1. The fourth-order valence-electron chi connectivity index (χ4n) is 2.33. The van der Waals surface area contributed by atoms with Gasteiger partial charge in [0.15, 0.2) is 5.13 Å². The molecule has 0 radical (unpaired) electrons. The van der Waals surface area contributed by atoms with E-state index < -0.39 is 17.8 Å². The Morgan fingerprint density at radius 2 is 1.95 bits per heavy atom. The molecule has 0 saturated carbocycles. The van der Waals surface area contributed by atoms with Gasteiger partial charge in [-0.05, 0) is 31.4 Å². The van der Waals surface area contributed by atoms with Crippen molar-refractivity contribution in [3.05, 3.63) is 40.4 Å². The van der Waals surface area contributed by atoms with Crippen LogP contribution in [0.5, 0.6) is 0 Å². The predicted molar refractivity (Wildman–Crippen MR) is 78.2 cm³/mol. The zero-order chi connectivity index (χ0) is 15.7. The number of aryl methyl sites for hydroxylation is 2. The molecule has 2 N–H and O–H groups in total. The molecule has 2 aromatic rings. The van der Waals surface area contributed by atoms with Gasteiger partial charge in [-0.2, -0.15) is 13.2 Å². The fourth-order valence-corrected chi connectivity index (χ4v) is 3.38. The highest BCUT2D eigenvalue weighted by Gasteiger charge is 2.33. The zero-order valence-electron chi connectivity index (χ0n) is 11.3. The molecule has 0 bridgehead atoms. The number of carbonyl (C=O) groups excluding carboxylic acids is 1. The van der Waals surface area contributed by atoms with Crippen molar-refractivity contribution in [2.24, 2.45) is 0 Å². The monoisotopic (exact) mass is 327 g/mol. The Hall–Kier alpha value is -2.09. The third-order valence-electron chi connectivity index (χ3n) is 3.30. The molecule has 1 aromatic heterocycles. The van der Waals surface area contributed by atoms with Gasteiger partial charge in [0.2, 0.25) is 0 Å². The number of fused-ring (bicyclic) bond motifs is 1. The lowest BCUT2D eigenvalue weighted by Crippen LogP contribution is -2.21. The first kappa shape index (κ1) is 14.8. The molecule has 4 nitrogen and oxygen atoms in total. The molecule has 1 aliphatic carbocycles. The number of nitrogens with one attached hydrogen (secondary N) is 2. The number of benzene rings is 1. The van der Waals surface area contributed by atoms with Crippen LogP contribution < -0.4 is 10.6 Å². The van der Waals surface area contributed by atoms with Gasteiger partial charge in [-0.1, -0.05) is 12.1 Å². The van der Waals surface area contributed by atoms with Gasteiger partial charge in [0.05, 0.1) is 16.9 Å². The van der Waals surface area contributed by atoms with Crippen LogP contribution in [0.2, 0.25) is 0 Å². The van der Waals surface area contributed by atoms with Crippen LogP contribution in [-0.4, -0.2) is 11.0 Å². The van der Waals surface area contributed by atoms with E-state index in [2.05, 4.69) is 15.6 Å². The average Bonchev–Trinajstić information content (AvgIpc) is 2.98. The fraction of sp³-hybridized carbons (Fsp3) is 0.286. The number of anilines is 2. The highest BCUT2D eigenvalue weighted by atomic mass is 32.1. The minimum Gasteiger partial charge on any atom is -0.307 e. The van der Waals surface area contributed by atoms with Gasteiger partial charge in [-0.3, -0.25) is 5.32 Å². The van der Waals surface area contributed by atoms with E-state index in [1.807, 2.05) is 0 Å². The molecular weight excluding hydrogens is 315 g/mol. The van der Waals surface area contributed by atoms with Gasteiger partial charge in [0.25, 0.3) is 0 Å². The van der Waals surface area contributed by atoms with Gasteiger partial charge in [-0.25, -0.2) is 9.78 Å². The maximum Gasteiger partial charge on any atom is 0.418 e. The minimum absolute atomic E-state index is 0.281. The number of hydrogen-bond donors (Lipinski definition) is 2. The number of carbonyl (C=O) groups is 1. The van der Waals surface area contributed by atoms with Gasteiger partial charge in [0, 0.05) is 4.88 Å². The Labute approximate surface area is 128 Å². The second-order valence-electron chi connectivity index (χ2n) is 4.86. The van der Waals surface area contributed by atoms with Gasteiger partial charge >= 0.3 is 12.2 Å². The summed E-state index contributed by atoms with van der Waals surface area (Å²) in [5, 5.41) is 5.12. The molecule has 1 aromatic carbocycles. The van der Waals surface area contributed by atoms with Crippen molar-refractivity contribution >= 4 is 28.2 Å². The number of aromatic nitrogens is 1. The lowest BCUT2D eigenvalue weighted by atomic mass is 10.1. The van der Waals surface area contributed by atoms with Crippen molar-refractivity contribution in [2.75, 3.05) is 10.6 Å². The number of urea groups is 1. The van der Waals surface area contributed by atoms with Crippen LogP contribution in [0.15, 0.2) is 24.3 Å². The van der Waals surface area contributed by atoms with Crippen LogP contribution in [-0.2, 0) is 19.0 Å². The van der Waals surface area contributed by atoms with Crippen molar-refractivity contribution < 1.29 is 18.0 Å². The summed E-state index contributed by atoms with van der Waals surface area (Å²) in [4.78, 5) is 17.3. The summed E-state index contributed by atoms with van der Waals surface area (Å²) in [5.74, 6) is 0. The summed E-state index contributed by atoms with van der Waals surface area (Å²) in [6.07, 6.45) is -1.65. The van der Waals surface area contributed by atoms with Gasteiger partial charge < -0.3 is 5.32 Å². The van der Waals surface area contributed by atoms with Crippen LogP contribution in [0, 0.1) is 0 Å². The Morgan fingerprint density at radius 3 is 2.68 bits per heavy atom. The molecule has 0 spiro atoms. The summed E-state index contributed by atoms with van der Waals surface area (Å²) in [7, 11) is 0. The summed E-state index contributed by atoms with van der Waals surface area (Å²) < 4.78 is 38.6. The zero-order valence-corrected chi connectivity index (χ0v) is 12.1. The van der Waals surface area contributed by atoms with Gasteiger partial charge in [0.1, 0.15) is 0 Å². The van der Waals surface area contributed by atoms with Crippen molar-refractivity contribution in [3.63, 3.8) is 0 Å². The highest BCUT2D eigenvalue weighted by Crippen LogP contribution is 2.35. The van der Waals surface area contributed by atoms with Crippen molar-refractivity contribution in [2.45, 2.75) is 25.4 Å². The van der Waals surface area contributed by atoms with Crippen molar-refractivity contribution in [1.82, 2.24) is 4.98 Å². The van der Waals surface area contributed by atoms with Crippen LogP contribution in [0.1, 0.15) is 22.6 Å². The molecule has 22 heavy (non-hydrogen) atoms. The molecule has 0 atom stereocenters. The first-order valence-electron chi connectivity index (χ1n) is 6.66. The third kappa shape index (κ3) is 3.06. The van der Waals surface area contributed by atoms with E-state index in [9.17, 15) is 18.0 Å². The Balaban J connectivity index is 1.72. The average molecular weight is 327 g/mol. The Bertz CT molecular complexity index is 690. The molecule has 1 heterocycles. The Morgan fingerprint density at radius 1 is 1.18 bits per heavy atom. The molecule has 0 aliphatic heterocycles. The summed E-state index contributed by atoms with van der Waals surface area (Å²) in [5.41, 5.74) is -0.195. The van der Waals surface area contributed by atoms with E-state index in [-0.39, 0.29) is 5.69 Å². The van der Waals surface area contributed by atoms with E-state index in [4.69, 9.17) is 0 Å². The molecule has 0 unspecified atom stereocenters. The van der Waals surface area contributed by atoms with Crippen LogP contribution >= 0.6 is 11.3 Å². The SMILES string of the molecule is O=C(Nc1nc2c(s1)CCC2)Nc1ccccc1C(F)(F)F. The van der Waals surface area contributed by atoms with E-state index >= 15 is 0 Å². The lowest BCUT2D eigenvalue weighted by molar-refractivity contribution is -0.136. The molecule has 1 aliphatic rings. The smallest absolute Gasteiger partial charge is 0.307 e. The minimum atomic E-state index is -4.52. The summed E-state index contributed by atoms with van der Waals surface area (Å²) >= 11 is 1.37. The molecule has 3 rings (SSSR count). The summed E-state index contributed by atoms with van der Waals surface area (Å²) in [6, 6.07) is 4.11. The third-order valence-corrected chi connectivity index (χ3v) is 4.37. The normalized spacial score (nSPS) is 13.8. The molecule has 116 valence electrons. The van der Waals surface area contributed by atoms with E-state index in [0.717, 1.165) is 35.9 Å². The molecule has 0 saturated heterocycles. The standard InChI is InChI=1S/C14H12F3N3OS/c15-14(16,17)8-4-1-2-5-9(8)18-12(21)20-13-19-10-6-3-7-11(10)22-13/h1-2,4-5H,3,6-7H2,(H2,18,19,20,21). The van der Waals surface area contributed by atoms with Gasteiger partial charge in [-0.15, -0.1) is 11.3 Å². The number of amides is 2. The van der Waals surface area contributed by atoms with Crippen molar-refractivity contribution in [3.8, 4) is 0 Å². The Kier molecular flexibility index (Phi) is 3.78. The number of rotatable bonds is 2. The molecular formula is C14H12F3N3OS. The second kappa shape index (κ2) is 5.60. The van der Waals surface area contributed by atoms with Crippen LogP contribution in [0.25, 0.3) is 0 Å². The molecule has 0 fully saturated rings. The van der Waals surface area contributed by atoms with E-state index in [1.54, 1.807) is 0 Å². The quantitative estimate of drug-likeness (QED) is 0.864. The first-order valence-corrected chi connectivity index (χ1v) is 7.48. The topological polar surface area (TPSA) is 54.0 Å². The largest absolute Gasteiger partial charge is 0.418 e. The van der Waals surface area contributed by atoms with E-state index in [1.165, 1.54) is 29.5 Å². The number of alkyl halides is 3. The first-order chi connectivity index (χ1) is 10.4. The van der Waals surface area contributed by atoms with E-state index in [0.29, 0.717) is 5.13 Å². The van der Waals surface area contributed by atoms with Crippen molar-refractivity contribution in [1.29, 1.82) is 0 Å². The number of para-hydroxylation sites is 1. The highest BCUT2D eigenvalue weighted by molar-refractivity contribution is 7.15. The maximum atomic E-state index is 12.9. The summed E-state index contributed by atoms with van der Waals surface area (Å²) in [6.45, 7) is 0. The number of hydrogen-bond acceptors (Lipinski definition) is 3.